The van der Waals surface area contributed by atoms with Crippen molar-refractivity contribution in [1.29, 1.82) is 0 Å². The Labute approximate surface area is 153 Å². The Kier molecular flexibility index (Phi) is 5.08. The minimum atomic E-state index is -0.0954. The van der Waals surface area contributed by atoms with Crippen molar-refractivity contribution < 1.29 is 14.3 Å². The van der Waals surface area contributed by atoms with Crippen LogP contribution in [0.2, 0.25) is 0 Å². The summed E-state index contributed by atoms with van der Waals surface area (Å²) in [6.45, 7) is 3.03. The zero-order valence-electron chi connectivity index (χ0n) is 15.1. The maximum Gasteiger partial charge on any atom is 0.269 e. The Morgan fingerprint density at radius 1 is 1.27 bits per heavy atom. The van der Waals surface area contributed by atoms with Gasteiger partial charge in [-0.3, -0.25) is 9.89 Å². The standard InChI is InChI=1S/C19H26N4O3/c1-23-7-2-3-18(23)16-11-17(22-21-16)19(24)20-15-6-10-26-12-14(15)13-4-8-25-9-5-13/h2-3,7,11,13-15H,4-6,8-10,12H2,1H3,(H,20,24)(H,21,22)/t14-,15-/m1/s1. The minimum absolute atomic E-state index is 0.0954. The molecule has 4 rings (SSSR count). The maximum atomic E-state index is 12.8. The quantitative estimate of drug-likeness (QED) is 0.876. The van der Waals surface area contributed by atoms with Crippen LogP contribution in [0.3, 0.4) is 0 Å². The third-order valence-corrected chi connectivity index (χ3v) is 5.62. The van der Waals surface area contributed by atoms with Crippen LogP contribution in [0.1, 0.15) is 29.8 Å². The fraction of sp³-hybridized carbons (Fsp3) is 0.579. The summed E-state index contributed by atoms with van der Waals surface area (Å²) in [4.78, 5) is 12.8. The van der Waals surface area contributed by atoms with Crippen LogP contribution in [0.15, 0.2) is 24.4 Å². The first-order chi connectivity index (χ1) is 12.7. The van der Waals surface area contributed by atoms with Gasteiger partial charge < -0.3 is 19.4 Å². The van der Waals surface area contributed by atoms with Crippen LogP contribution in [-0.4, -0.2) is 53.1 Å². The van der Waals surface area contributed by atoms with Crippen LogP contribution in [0.5, 0.6) is 0 Å². The van der Waals surface area contributed by atoms with E-state index in [0.717, 1.165) is 43.9 Å². The predicted molar refractivity (Wildman–Crippen MR) is 96.7 cm³/mol. The van der Waals surface area contributed by atoms with E-state index in [1.807, 2.05) is 36.0 Å². The highest BCUT2D eigenvalue weighted by Gasteiger charge is 2.34. The van der Waals surface area contributed by atoms with Crippen LogP contribution in [0, 0.1) is 11.8 Å². The molecule has 0 bridgehead atoms. The van der Waals surface area contributed by atoms with E-state index in [1.54, 1.807) is 0 Å². The van der Waals surface area contributed by atoms with Gasteiger partial charge in [-0.2, -0.15) is 5.10 Å². The summed E-state index contributed by atoms with van der Waals surface area (Å²) >= 11 is 0. The van der Waals surface area contributed by atoms with Gasteiger partial charge in [0.25, 0.3) is 5.91 Å². The molecule has 140 valence electrons. The van der Waals surface area contributed by atoms with Crippen LogP contribution >= 0.6 is 0 Å². The highest BCUT2D eigenvalue weighted by Crippen LogP contribution is 2.30. The van der Waals surface area contributed by atoms with E-state index in [2.05, 4.69) is 15.5 Å². The monoisotopic (exact) mass is 358 g/mol. The number of aryl methyl sites for hydroxylation is 1. The van der Waals surface area contributed by atoms with Gasteiger partial charge in [-0.05, 0) is 43.4 Å². The highest BCUT2D eigenvalue weighted by atomic mass is 16.5. The van der Waals surface area contributed by atoms with Gasteiger partial charge in [0.1, 0.15) is 11.4 Å². The van der Waals surface area contributed by atoms with Crippen molar-refractivity contribution >= 4 is 5.91 Å². The first kappa shape index (κ1) is 17.3. The van der Waals surface area contributed by atoms with Gasteiger partial charge in [0.05, 0.1) is 12.3 Å². The van der Waals surface area contributed by atoms with Gasteiger partial charge in [-0.15, -0.1) is 0 Å². The molecule has 2 fully saturated rings. The van der Waals surface area contributed by atoms with Crippen molar-refractivity contribution in [2.45, 2.75) is 25.3 Å². The van der Waals surface area contributed by atoms with Crippen LogP contribution < -0.4 is 5.32 Å². The smallest absolute Gasteiger partial charge is 0.269 e. The lowest BCUT2D eigenvalue weighted by Crippen LogP contribution is -2.49. The van der Waals surface area contributed by atoms with E-state index in [9.17, 15) is 4.79 Å². The zero-order chi connectivity index (χ0) is 17.9. The molecule has 4 heterocycles. The molecule has 7 nitrogen and oxygen atoms in total. The number of ether oxygens (including phenoxy) is 2. The van der Waals surface area contributed by atoms with E-state index < -0.39 is 0 Å². The Morgan fingerprint density at radius 3 is 2.85 bits per heavy atom. The largest absolute Gasteiger partial charge is 0.381 e. The molecule has 0 spiro atoms. The molecular weight excluding hydrogens is 332 g/mol. The lowest BCUT2D eigenvalue weighted by molar-refractivity contribution is -0.0259. The molecule has 7 heteroatoms. The molecule has 2 aromatic rings. The highest BCUT2D eigenvalue weighted by molar-refractivity contribution is 5.93. The van der Waals surface area contributed by atoms with Gasteiger partial charge in [0, 0.05) is 45.0 Å². The average molecular weight is 358 g/mol. The molecule has 0 aliphatic carbocycles. The molecule has 2 aliphatic rings. The molecule has 2 saturated heterocycles. The normalized spacial score (nSPS) is 24.5. The maximum absolute atomic E-state index is 12.8. The van der Waals surface area contributed by atoms with E-state index >= 15 is 0 Å². The first-order valence-corrected chi connectivity index (χ1v) is 9.36. The van der Waals surface area contributed by atoms with Crippen molar-refractivity contribution in [3.05, 3.63) is 30.1 Å². The Balaban J connectivity index is 1.44. The first-order valence-electron chi connectivity index (χ1n) is 9.36. The van der Waals surface area contributed by atoms with Crippen LogP contribution in [0.25, 0.3) is 11.4 Å². The number of hydrogen-bond donors (Lipinski definition) is 2. The summed E-state index contributed by atoms with van der Waals surface area (Å²) in [5.41, 5.74) is 2.25. The number of amides is 1. The number of carbonyl (C=O) groups excluding carboxylic acids is 1. The summed E-state index contributed by atoms with van der Waals surface area (Å²) in [5, 5.41) is 10.4. The molecule has 0 radical (unpaired) electrons. The molecule has 2 N–H and O–H groups in total. The van der Waals surface area contributed by atoms with E-state index in [4.69, 9.17) is 9.47 Å². The Bertz CT molecular complexity index is 748. The zero-order valence-corrected chi connectivity index (χ0v) is 15.1. The number of rotatable bonds is 4. The molecule has 1 amide bonds. The summed E-state index contributed by atoms with van der Waals surface area (Å²) < 4.78 is 13.2. The fourth-order valence-electron chi connectivity index (χ4n) is 4.09. The number of carbonyl (C=O) groups is 1. The third kappa shape index (κ3) is 3.54. The summed E-state index contributed by atoms with van der Waals surface area (Å²) in [6, 6.07) is 5.90. The number of H-pyrrole nitrogens is 1. The average Bonchev–Trinajstić information content (AvgIpc) is 3.32. The topological polar surface area (TPSA) is 81.2 Å². The number of nitrogens with one attached hydrogen (secondary N) is 2. The minimum Gasteiger partial charge on any atom is -0.381 e. The molecular formula is C19H26N4O3. The van der Waals surface area contributed by atoms with Crippen LogP contribution in [-0.2, 0) is 16.5 Å². The molecule has 0 aromatic carbocycles. The lowest BCUT2D eigenvalue weighted by Gasteiger charge is -2.38. The fourth-order valence-corrected chi connectivity index (χ4v) is 4.09. The second-order valence-corrected chi connectivity index (χ2v) is 7.23. The second kappa shape index (κ2) is 7.63. The van der Waals surface area contributed by atoms with Crippen molar-refractivity contribution in [3.8, 4) is 11.4 Å². The molecule has 26 heavy (non-hydrogen) atoms. The van der Waals surface area contributed by atoms with Crippen LogP contribution in [0.4, 0.5) is 0 Å². The molecule has 2 aromatic heterocycles. The number of nitrogens with zero attached hydrogens (tertiary/aromatic N) is 2. The van der Waals surface area contributed by atoms with Gasteiger partial charge in [-0.25, -0.2) is 0 Å². The molecule has 0 unspecified atom stereocenters. The SMILES string of the molecule is Cn1cccc1-c1cc(C(=O)N[C@@H]2CCOC[C@@H]2C2CCOCC2)[nH]n1. The predicted octanol–water partition coefficient (Wildman–Crippen LogP) is 1.98. The van der Waals surface area contributed by atoms with Gasteiger partial charge in [0.15, 0.2) is 0 Å². The molecule has 2 atom stereocenters. The van der Waals surface area contributed by atoms with Gasteiger partial charge in [0.2, 0.25) is 0 Å². The van der Waals surface area contributed by atoms with E-state index in [-0.39, 0.29) is 11.9 Å². The second-order valence-electron chi connectivity index (χ2n) is 7.23. The summed E-state index contributed by atoms with van der Waals surface area (Å²) in [7, 11) is 1.96. The molecule has 2 aliphatic heterocycles. The molecule has 0 saturated carbocycles. The third-order valence-electron chi connectivity index (χ3n) is 5.62. The van der Waals surface area contributed by atoms with Crippen molar-refractivity contribution in [1.82, 2.24) is 20.1 Å². The summed E-state index contributed by atoms with van der Waals surface area (Å²) in [6.07, 6.45) is 4.90. The summed E-state index contributed by atoms with van der Waals surface area (Å²) in [5.74, 6) is 0.809. The van der Waals surface area contributed by atoms with Crippen molar-refractivity contribution in [3.63, 3.8) is 0 Å². The Hall–Kier alpha value is -2.12. The van der Waals surface area contributed by atoms with Crippen molar-refractivity contribution in [2.24, 2.45) is 18.9 Å². The van der Waals surface area contributed by atoms with E-state index in [1.165, 1.54) is 0 Å². The number of hydrogen-bond acceptors (Lipinski definition) is 4. The Morgan fingerprint density at radius 2 is 2.08 bits per heavy atom. The van der Waals surface area contributed by atoms with E-state index in [0.29, 0.717) is 30.7 Å². The van der Waals surface area contributed by atoms with Crippen molar-refractivity contribution in [2.75, 3.05) is 26.4 Å². The lowest BCUT2D eigenvalue weighted by atomic mass is 9.79. The number of aromatic amines is 1. The van der Waals surface area contributed by atoms with Gasteiger partial charge >= 0.3 is 0 Å². The number of aromatic nitrogens is 3. The van der Waals surface area contributed by atoms with Gasteiger partial charge in [-0.1, -0.05) is 0 Å².